The van der Waals surface area contributed by atoms with E-state index in [2.05, 4.69) is 10.5 Å². The highest BCUT2D eigenvalue weighted by atomic mass is 32.1. The Labute approximate surface area is 130 Å². The van der Waals surface area contributed by atoms with E-state index in [1.807, 2.05) is 0 Å². The second-order valence-electron chi connectivity index (χ2n) is 4.41. The lowest BCUT2D eigenvalue weighted by Crippen LogP contribution is -2.26. The van der Waals surface area contributed by atoms with Crippen LogP contribution in [0.5, 0.6) is 0 Å². The van der Waals surface area contributed by atoms with Crippen LogP contribution in [-0.2, 0) is 4.79 Å². The smallest absolute Gasteiger partial charge is 0.280 e. The van der Waals surface area contributed by atoms with Crippen molar-refractivity contribution in [3.05, 3.63) is 62.3 Å². The van der Waals surface area contributed by atoms with Crippen LogP contribution in [0.4, 0.5) is 5.69 Å². The first-order valence-electron chi connectivity index (χ1n) is 6.29. The molecule has 0 aliphatic rings. The first-order chi connectivity index (χ1) is 10.5. The van der Waals surface area contributed by atoms with Crippen molar-refractivity contribution >= 4 is 28.6 Å². The molecular weight excluding hydrogens is 306 g/mol. The third-order valence-electron chi connectivity index (χ3n) is 2.85. The van der Waals surface area contributed by atoms with Gasteiger partial charge >= 0.3 is 0 Å². The fraction of sp³-hybridized carbons (Fsp3) is 0.143. The second kappa shape index (κ2) is 6.92. The normalized spacial score (nSPS) is 12.7. The van der Waals surface area contributed by atoms with Gasteiger partial charge in [0.05, 0.1) is 20.9 Å². The summed E-state index contributed by atoms with van der Waals surface area (Å²) in [6.45, 7) is 1.62. The van der Waals surface area contributed by atoms with Crippen LogP contribution in [0.3, 0.4) is 0 Å². The van der Waals surface area contributed by atoms with E-state index in [0.29, 0.717) is 16.2 Å². The molecule has 1 heterocycles. The predicted octanol–water partition coefficient (Wildman–Crippen LogP) is 2.23. The van der Waals surface area contributed by atoms with Gasteiger partial charge in [0.2, 0.25) is 0 Å². The largest absolute Gasteiger partial charge is 0.378 e. The molecule has 1 aromatic carbocycles. The summed E-state index contributed by atoms with van der Waals surface area (Å²) in [5, 5.41) is 25.8. The highest BCUT2D eigenvalue weighted by Gasteiger charge is 2.17. The Bertz CT molecular complexity index is 712. The fourth-order valence-electron chi connectivity index (χ4n) is 1.65. The van der Waals surface area contributed by atoms with Gasteiger partial charge in [0.1, 0.15) is 0 Å². The van der Waals surface area contributed by atoms with Gasteiger partial charge < -0.3 is 5.11 Å². The van der Waals surface area contributed by atoms with Crippen molar-refractivity contribution in [1.82, 2.24) is 5.43 Å². The maximum atomic E-state index is 11.8. The van der Waals surface area contributed by atoms with E-state index in [1.54, 1.807) is 37.3 Å². The number of rotatable bonds is 5. The van der Waals surface area contributed by atoms with Crippen molar-refractivity contribution in [3.8, 4) is 0 Å². The number of amides is 1. The molecule has 0 bridgehead atoms. The average Bonchev–Trinajstić information content (AvgIpc) is 3.02. The molecule has 1 unspecified atom stereocenters. The van der Waals surface area contributed by atoms with E-state index in [9.17, 15) is 20.0 Å². The summed E-state index contributed by atoms with van der Waals surface area (Å²) in [4.78, 5) is 22.5. The standard InChI is InChI=1S/C14H13N3O4S/c1-9(12-7-11(8-22-12)17(20)21)15-16-14(19)13(18)10-5-3-2-4-6-10/h2-8,13,18H,1H3,(H,16,19)/b15-9+. The number of aliphatic hydroxyl groups excluding tert-OH is 1. The van der Waals surface area contributed by atoms with E-state index < -0.39 is 16.9 Å². The first kappa shape index (κ1) is 15.8. The number of nitro groups is 1. The zero-order valence-electron chi connectivity index (χ0n) is 11.6. The number of hydrogen-bond acceptors (Lipinski definition) is 6. The molecule has 1 amide bonds. The van der Waals surface area contributed by atoms with Gasteiger partial charge in [0.15, 0.2) is 6.10 Å². The number of aliphatic hydroxyl groups is 1. The number of hydrogen-bond donors (Lipinski definition) is 2. The van der Waals surface area contributed by atoms with E-state index >= 15 is 0 Å². The molecule has 1 atom stereocenters. The fourth-order valence-corrected chi connectivity index (χ4v) is 2.46. The summed E-state index contributed by atoms with van der Waals surface area (Å²) < 4.78 is 0. The number of nitrogens with zero attached hydrogens (tertiary/aromatic N) is 2. The lowest BCUT2D eigenvalue weighted by molar-refractivity contribution is -0.384. The van der Waals surface area contributed by atoms with Gasteiger partial charge in [-0.05, 0) is 12.5 Å². The topological polar surface area (TPSA) is 105 Å². The number of benzene rings is 1. The van der Waals surface area contributed by atoms with Crippen LogP contribution in [0.2, 0.25) is 0 Å². The van der Waals surface area contributed by atoms with E-state index in [1.165, 1.54) is 11.4 Å². The highest BCUT2D eigenvalue weighted by Crippen LogP contribution is 2.21. The Hall–Kier alpha value is -2.58. The zero-order chi connectivity index (χ0) is 16.1. The van der Waals surface area contributed by atoms with E-state index in [0.717, 1.165) is 11.3 Å². The van der Waals surface area contributed by atoms with Gasteiger partial charge in [0.25, 0.3) is 11.6 Å². The van der Waals surface area contributed by atoms with Gasteiger partial charge in [-0.1, -0.05) is 30.3 Å². The van der Waals surface area contributed by atoms with Crippen LogP contribution in [0, 0.1) is 10.1 Å². The van der Waals surface area contributed by atoms with Gasteiger partial charge in [0, 0.05) is 6.07 Å². The molecular formula is C14H13N3O4S. The van der Waals surface area contributed by atoms with Crippen LogP contribution < -0.4 is 5.43 Å². The quantitative estimate of drug-likeness (QED) is 0.501. The lowest BCUT2D eigenvalue weighted by atomic mass is 10.1. The molecule has 0 saturated heterocycles. The Morgan fingerprint density at radius 2 is 2.09 bits per heavy atom. The molecule has 0 radical (unpaired) electrons. The van der Waals surface area contributed by atoms with Crippen molar-refractivity contribution < 1.29 is 14.8 Å². The minimum Gasteiger partial charge on any atom is -0.378 e. The molecule has 1 aromatic heterocycles. The first-order valence-corrected chi connectivity index (χ1v) is 7.17. The number of carbonyl (C=O) groups excluding carboxylic acids is 1. The average molecular weight is 319 g/mol. The zero-order valence-corrected chi connectivity index (χ0v) is 12.4. The third-order valence-corrected chi connectivity index (χ3v) is 3.88. The van der Waals surface area contributed by atoms with Crippen LogP contribution >= 0.6 is 11.3 Å². The second-order valence-corrected chi connectivity index (χ2v) is 5.32. The molecule has 8 heteroatoms. The predicted molar refractivity (Wildman–Crippen MR) is 82.7 cm³/mol. The van der Waals surface area contributed by atoms with Crippen molar-refractivity contribution in [2.24, 2.45) is 5.10 Å². The molecule has 2 aromatic rings. The molecule has 0 aliphatic heterocycles. The number of thiophene rings is 1. The molecule has 0 aliphatic carbocycles. The highest BCUT2D eigenvalue weighted by molar-refractivity contribution is 7.12. The van der Waals surface area contributed by atoms with Gasteiger partial charge in [-0.3, -0.25) is 14.9 Å². The molecule has 114 valence electrons. The summed E-state index contributed by atoms with van der Waals surface area (Å²) in [5.41, 5.74) is 3.11. The minimum atomic E-state index is -1.32. The molecule has 2 N–H and O–H groups in total. The Balaban J connectivity index is 2.03. The summed E-state index contributed by atoms with van der Waals surface area (Å²) in [7, 11) is 0. The van der Waals surface area contributed by atoms with E-state index in [4.69, 9.17) is 0 Å². The summed E-state index contributed by atoms with van der Waals surface area (Å²) in [6, 6.07) is 9.84. The van der Waals surface area contributed by atoms with Gasteiger partial charge in [-0.25, -0.2) is 5.43 Å². The molecule has 2 rings (SSSR count). The van der Waals surface area contributed by atoms with Gasteiger partial charge in [-0.2, -0.15) is 5.10 Å². The van der Waals surface area contributed by atoms with Crippen LogP contribution in [0.1, 0.15) is 23.5 Å². The third kappa shape index (κ3) is 3.74. The Morgan fingerprint density at radius 1 is 1.41 bits per heavy atom. The number of nitrogens with one attached hydrogen (secondary N) is 1. The number of carbonyl (C=O) groups is 1. The Kier molecular flexibility index (Phi) is 4.97. The maximum Gasteiger partial charge on any atom is 0.280 e. The molecule has 0 fully saturated rings. The van der Waals surface area contributed by atoms with Crippen molar-refractivity contribution in [2.45, 2.75) is 13.0 Å². The van der Waals surface area contributed by atoms with Crippen LogP contribution in [-0.4, -0.2) is 21.6 Å². The SMILES string of the molecule is C/C(=N\NC(=O)C(O)c1ccccc1)c1cc([N+](=O)[O-])cs1. The molecule has 22 heavy (non-hydrogen) atoms. The Morgan fingerprint density at radius 3 is 2.68 bits per heavy atom. The summed E-state index contributed by atoms with van der Waals surface area (Å²) in [6.07, 6.45) is -1.32. The molecule has 0 saturated carbocycles. The lowest BCUT2D eigenvalue weighted by Gasteiger charge is -2.09. The van der Waals surface area contributed by atoms with E-state index in [-0.39, 0.29) is 5.69 Å². The van der Waals surface area contributed by atoms with Crippen molar-refractivity contribution in [2.75, 3.05) is 0 Å². The number of hydrazone groups is 1. The minimum absolute atomic E-state index is 0.0230. The van der Waals surface area contributed by atoms with Crippen molar-refractivity contribution in [1.29, 1.82) is 0 Å². The van der Waals surface area contributed by atoms with Crippen molar-refractivity contribution in [3.63, 3.8) is 0 Å². The molecule has 0 spiro atoms. The summed E-state index contributed by atoms with van der Waals surface area (Å²) in [5.74, 6) is -0.670. The summed E-state index contributed by atoms with van der Waals surface area (Å²) >= 11 is 1.16. The molecule has 7 nitrogen and oxygen atoms in total. The van der Waals surface area contributed by atoms with Crippen LogP contribution in [0.25, 0.3) is 0 Å². The van der Waals surface area contributed by atoms with Gasteiger partial charge in [-0.15, -0.1) is 11.3 Å². The monoisotopic (exact) mass is 319 g/mol. The maximum absolute atomic E-state index is 11.8. The van der Waals surface area contributed by atoms with Crippen LogP contribution in [0.15, 0.2) is 46.9 Å².